The predicted molar refractivity (Wildman–Crippen MR) is 74.5 cm³/mol. The van der Waals surface area contributed by atoms with Crippen molar-refractivity contribution in [1.82, 2.24) is 5.32 Å². The standard InChI is InChI=1S/C16H21F4N/c1-21-15(10-12-4-2-3-5-14(12)17)11-6-8-13(9-7-11)16(18,19)20/h2-5,11,13,15,21H,6-10H2,1H3. The van der Waals surface area contributed by atoms with Gasteiger partial charge in [0.1, 0.15) is 5.82 Å². The first kappa shape index (κ1) is 16.3. The molecule has 1 fully saturated rings. The molecule has 1 N–H and O–H groups in total. The number of halogens is 4. The van der Waals surface area contributed by atoms with Gasteiger partial charge in [-0.15, -0.1) is 0 Å². The number of rotatable bonds is 4. The van der Waals surface area contributed by atoms with E-state index in [9.17, 15) is 17.6 Å². The Morgan fingerprint density at radius 1 is 1.14 bits per heavy atom. The van der Waals surface area contributed by atoms with Crippen LogP contribution in [0.1, 0.15) is 31.2 Å². The lowest BCUT2D eigenvalue weighted by molar-refractivity contribution is -0.184. The van der Waals surface area contributed by atoms with Crippen molar-refractivity contribution in [3.8, 4) is 0 Å². The quantitative estimate of drug-likeness (QED) is 0.817. The minimum Gasteiger partial charge on any atom is -0.316 e. The van der Waals surface area contributed by atoms with Crippen molar-refractivity contribution in [3.63, 3.8) is 0 Å². The van der Waals surface area contributed by atoms with Gasteiger partial charge in [0.25, 0.3) is 0 Å². The number of alkyl halides is 3. The molecular weight excluding hydrogens is 282 g/mol. The molecule has 21 heavy (non-hydrogen) atoms. The van der Waals surface area contributed by atoms with Gasteiger partial charge in [-0.2, -0.15) is 13.2 Å². The Balaban J connectivity index is 1.96. The molecule has 0 radical (unpaired) electrons. The lowest BCUT2D eigenvalue weighted by Crippen LogP contribution is -2.39. The van der Waals surface area contributed by atoms with Crippen LogP contribution in [0.2, 0.25) is 0 Å². The van der Waals surface area contributed by atoms with Crippen molar-refractivity contribution in [2.24, 2.45) is 11.8 Å². The molecule has 1 aliphatic rings. The summed E-state index contributed by atoms with van der Waals surface area (Å²) in [7, 11) is 1.79. The molecule has 0 saturated heterocycles. The maximum Gasteiger partial charge on any atom is 0.391 e. The summed E-state index contributed by atoms with van der Waals surface area (Å²) >= 11 is 0. The van der Waals surface area contributed by atoms with E-state index < -0.39 is 12.1 Å². The maximum atomic E-state index is 13.7. The van der Waals surface area contributed by atoms with E-state index in [0.29, 0.717) is 24.8 Å². The van der Waals surface area contributed by atoms with E-state index >= 15 is 0 Å². The molecule has 118 valence electrons. The van der Waals surface area contributed by atoms with Crippen LogP contribution in [0.5, 0.6) is 0 Å². The molecule has 1 atom stereocenters. The summed E-state index contributed by atoms with van der Waals surface area (Å²) in [6.45, 7) is 0. The molecule has 0 heterocycles. The molecule has 1 nitrogen and oxygen atoms in total. The Labute approximate surface area is 122 Å². The van der Waals surface area contributed by atoms with Crippen molar-refractivity contribution in [2.45, 2.75) is 44.3 Å². The minimum atomic E-state index is -4.08. The number of likely N-dealkylation sites (N-methyl/N-ethyl adjacent to an activating group) is 1. The number of hydrogen-bond donors (Lipinski definition) is 1. The zero-order valence-electron chi connectivity index (χ0n) is 12.1. The monoisotopic (exact) mass is 303 g/mol. The van der Waals surface area contributed by atoms with Gasteiger partial charge in [0.2, 0.25) is 0 Å². The van der Waals surface area contributed by atoms with Crippen LogP contribution in [0.15, 0.2) is 24.3 Å². The molecule has 1 saturated carbocycles. The van der Waals surface area contributed by atoms with Gasteiger partial charge in [-0.1, -0.05) is 18.2 Å². The van der Waals surface area contributed by atoms with Gasteiger partial charge in [0, 0.05) is 6.04 Å². The highest BCUT2D eigenvalue weighted by Crippen LogP contribution is 2.40. The van der Waals surface area contributed by atoms with E-state index in [1.165, 1.54) is 6.07 Å². The largest absolute Gasteiger partial charge is 0.391 e. The van der Waals surface area contributed by atoms with Crippen molar-refractivity contribution >= 4 is 0 Å². The summed E-state index contributed by atoms with van der Waals surface area (Å²) in [5.74, 6) is -1.24. The average Bonchev–Trinajstić information content (AvgIpc) is 2.46. The smallest absolute Gasteiger partial charge is 0.316 e. The third kappa shape index (κ3) is 4.19. The molecule has 0 aromatic heterocycles. The van der Waals surface area contributed by atoms with E-state index in [1.54, 1.807) is 25.2 Å². The maximum absolute atomic E-state index is 13.7. The normalized spacial score (nSPS) is 24.8. The Morgan fingerprint density at radius 3 is 2.29 bits per heavy atom. The fraction of sp³-hybridized carbons (Fsp3) is 0.625. The highest BCUT2D eigenvalue weighted by molar-refractivity contribution is 5.18. The molecular formula is C16H21F4N. The van der Waals surface area contributed by atoms with E-state index in [2.05, 4.69) is 5.32 Å². The van der Waals surface area contributed by atoms with Gasteiger partial charge >= 0.3 is 6.18 Å². The van der Waals surface area contributed by atoms with E-state index in [4.69, 9.17) is 0 Å². The molecule has 2 rings (SSSR count). The van der Waals surface area contributed by atoms with Crippen LogP contribution in [0.4, 0.5) is 17.6 Å². The zero-order valence-corrected chi connectivity index (χ0v) is 12.1. The summed E-state index contributed by atoms with van der Waals surface area (Å²) in [4.78, 5) is 0. The Bertz CT molecular complexity index is 450. The lowest BCUT2D eigenvalue weighted by Gasteiger charge is -2.34. The number of hydrogen-bond acceptors (Lipinski definition) is 1. The molecule has 0 amide bonds. The van der Waals surface area contributed by atoms with Gasteiger partial charge in [-0.05, 0) is 56.7 Å². The Morgan fingerprint density at radius 2 is 1.76 bits per heavy atom. The SMILES string of the molecule is CNC(Cc1ccccc1F)C1CCC(C(F)(F)F)CC1. The lowest BCUT2D eigenvalue weighted by atomic mass is 9.77. The molecule has 0 bridgehead atoms. The summed E-state index contributed by atoms with van der Waals surface area (Å²) in [6.07, 6.45) is -2.10. The van der Waals surface area contributed by atoms with E-state index in [-0.39, 0.29) is 30.6 Å². The second kappa shape index (κ2) is 6.77. The minimum absolute atomic E-state index is 0.0242. The summed E-state index contributed by atoms with van der Waals surface area (Å²) in [5.41, 5.74) is 0.620. The molecule has 0 aliphatic heterocycles. The van der Waals surface area contributed by atoms with E-state index in [1.807, 2.05) is 0 Å². The number of benzene rings is 1. The van der Waals surface area contributed by atoms with Crippen molar-refractivity contribution in [2.75, 3.05) is 7.05 Å². The van der Waals surface area contributed by atoms with Gasteiger partial charge in [-0.25, -0.2) is 4.39 Å². The molecule has 0 spiro atoms. The van der Waals surface area contributed by atoms with Crippen LogP contribution >= 0.6 is 0 Å². The second-order valence-corrected chi connectivity index (χ2v) is 5.84. The fourth-order valence-corrected chi connectivity index (χ4v) is 3.25. The van der Waals surface area contributed by atoms with Gasteiger partial charge in [0.05, 0.1) is 5.92 Å². The van der Waals surface area contributed by atoms with Gasteiger partial charge in [0.15, 0.2) is 0 Å². The van der Waals surface area contributed by atoms with Crippen LogP contribution in [-0.2, 0) is 6.42 Å². The number of nitrogens with one attached hydrogen (secondary N) is 1. The highest BCUT2D eigenvalue weighted by Gasteiger charge is 2.42. The predicted octanol–water partition coefficient (Wildman–Crippen LogP) is 4.32. The van der Waals surface area contributed by atoms with Gasteiger partial charge in [-0.3, -0.25) is 0 Å². The first-order valence-corrected chi connectivity index (χ1v) is 7.39. The summed E-state index contributed by atoms with van der Waals surface area (Å²) in [5, 5.41) is 3.15. The molecule has 1 aromatic carbocycles. The van der Waals surface area contributed by atoms with Gasteiger partial charge < -0.3 is 5.32 Å². The third-order valence-electron chi connectivity index (χ3n) is 4.57. The molecule has 1 aliphatic carbocycles. The topological polar surface area (TPSA) is 12.0 Å². The average molecular weight is 303 g/mol. The molecule has 1 aromatic rings. The molecule has 1 unspecified atom stereocenters. The summed E-state index contributed by atoms with van der Waals surface area (Å²) < 4.78 is 51.8. The Hall–Kier alpha value is -1.10. The van der Waals surface area contributed by atoms with Crippen LogP contribution in [0.3, 0.4) is 0 Å². The van der Waals surface area contributed by atoms with Crippen LogP contribution in [0, 0.1) is 17.7 Å². The van der Waals surface area contributed by atoms with Crippen LogP contribution in [0.25, 0.3) is 0 Å². The van der Waals surface area contributed by atoms with Crippen LogP contribution < -0.4 is 5.32 Å². The van der Waals surface area contributed by atoms with Crippen molar-refractivity contribution in [1.29, 1.82) is 0 Å². The summed E-state index contributed by atoms with van der Waals surface area (Å²) in [6, 6.07) is 6.60. The third-order valence-corrected chi connectivity index (χ3v) is 4.57. The first-order chi connectivity index (χ1) is 9.91. The first-order valence-electron chi connectivity index (χ1n) is 7.39. The van der Waals surface area contributed by atoms with Crippen molar-refractivity contribution in [3.05, 3.63) is 35.6 Å². The fourth-order valence-electron chi connectivity index (χ4n) is 3.25. The molecule has 5 heteroatoms. The Kier molecular flexibility index (Phi) is 5.25. The second-order valence-electron chi connectivity index (χ2n) is 5.84. The van der Waals surface area contributed by atoms with Crippen LogP contribution in [-0.4, -0.2) is 19.3 Å². The van der Waals surface area contributed by atoms with Crippen molar-refractivity contribution < 1.29 is 17.6 Å². The highest BCUT2D eigenvalue weighted by atomic mass is 19.4. The van der Waals surface area contributed by atoms with E-state index in [0.717, 1.165) is 0 Å². The zero-order chi connectivity index (χ0) is 15.5.